The van der Waals surface area contributed by atoms with Crippen molar-refractivity contribution >= 4 is 11.7 Å². The average Bonchev–Trinajstić information content (AvgIpc) is 2.60. The molecule has 2 saturated heterocycles. The molecule has 2 aliphatic heterocycles. The number of hydrogen-bond donors (Lipinski definition) is 0. The Hall–Kier alpha value is -1.73. The number of aromatic nitrogens is 2. The first-order valence-electron chi connectivity index (χ1n) is 8.74. The average molecular weight is 333 g/mol. The second kappa shape index (κ2) is 7.44. The molecule has 2 aliphatic rings. The van der Waals surface area contributed by atoms with Crippen LogP contribution in [-0.2, 0) is 9.53 Å². The van der Waals surface area contributed by atoms with Crippen LogP contribution in [0.4, 0.5) is 5.82 Å². The van der Waals surface area contributed by atoms with Gasteiger partial charge in [-0.05, 0) is 20.8 Å². The molecule has 1 aromatic heterocycles. The van der Waals surface area contributed by atoms with Crippen LogP contribution in [0.5, 0.6) is 0 Å². The first-order valence-corrected chi connectivity index (χ1v) is 8.74. The van der Waals surface area contributed by atoms with Gasteiger partial charge in [0.1, 0.15) is 5.82 Å². The lowest BCUT2D eigenvalue weighted by Crippen LogP contribution is -2.57. The van der Waals surface area contributed by atoms with E-state index >= 15 is 0 Å². The van der Waals surface area contributed by atoms with Gasteiger partial charge < -0.3 is 14.5 Å². The second-order valence-corrected chi connectivity index (χ2v) is 6.76. The molecule has 0 unspecified atom stereocenters. The van der Waals surface area contributed by atoms with Crippen LogP contribution < -0.4 is 4.90 Å². The highest BCUT2D eigenvalue weighted by atomic mass is 16.5. The van der Waals surface area contributed by atoms with Crippen LogP contribution in [0.15, 0.2) is 18.6 Å². The standard InChI is InChI=1S/C17H27N5O2/c1-13-11-22(12-14(2)24-13)17(23)15(3)20-6-8-21(9-7-20)16-10-18-4-5-19-16/h4-5,10,13-15H,6-9,11-12H2,1-3H3/t13-,14-,15-/m1/s1. The molecule has 3 rings (SSSR count). The number of ether oxygens (including phenoxy) is 1. The van der Waals surface area contributed by atoms with E-state index in [9.17, 15) is 4.79 Å². The zero-order valence-electron chi connectivity index (χ0n) is 14.8. The lowest BCUT2D eigenvalue weighted by Gasteiger charge is -2.41. The van der Waals surface area contributed by atoms with E-state index in [1.807, 2.05) is 25.7 Å². The number of anilines is 1. The van der Waals surface area contributed by atoms with Gasteiger partial charge in [-0.3, -0.25) is 14.7 Å². The van der Waals surface area contributed by atoms with E-state index in [2.05, 4.69) is 19.8 Å². The Morgan fingerprint density at radius 2 is 1.83 bits per heavy atom. The molecule has 0 radical (unpaired) electrons. The Morgan fingerprint density at radius 3 is 2.42 bits per heavy atom. The Bertz CT molecular complexity index is 537. The van der Waals surface area contributed by atoms with Gasteiger partial charge in [0.2, 0.25) is 5.91 Å². The summed E-state index contributed by atoms with van der Waals surface area (Å²) in [5.74, 6) is 1.12. The fourth-order valence-electron chi connectivity index (χ4n) is 3.57. The van der Waals surface area contributed by atoms with Crippen molar-refractivity contribution in [3.63, 3.8) is 0 Å². The highest BCUT2D eigenvalue weighted by Gasteiger charge is 2.32. The van der Waals surface area contributed by atoms with E-state index in [4.69, 9.17) is 4.74 Å². The predicted molar refractivity (Wildman–Crippen MR) is 91.9 cm³/mol. The SMILES string of the molecule is C[C@@H]1CN(C(=O)[C@@H](C)N2CCN(c3cnccn3)CC2)C[C@@H](C)O1. The molecule has 0 aliphatic carbocycles. The van der Waals surface area contributed by atoms with Gasteiger partial charge in [-0.2, -0.15) is 0 Å². The maximum atomic E-state index is 12.8. The van der Waals surface area contributed by atoms with Crippen LogP contribution in [0.2, 0.25) is 0 Å². The fourth-order valence-corrected chi connectivity index (χ4v) is 3.57. The minimum atomic E-state index is -0.0912. The third-order valence-corrected chi connectivity index (χ3v) is 4.82. The summed E-state index contributed by atoms with van der Waals surface area (Å²) in [5.41, 5.74) is 0. The van der Waals surface area contributed by atoms with E-state index in [1.54, 1.807) is 18.6 Å². The van der Waals surface area contributed by atoms with Gasteiger partial charge in [-0.1, -0.05) is 0 Å². The number of rotatable bonds is 3. The van der Waals surface area contributed by atoms with Gasteiger partial charge in [0.05, 0.1) is 24.4 Å². The van der Waals surface area contributed by atoms with Crippen LogP contribution in [0.3, 0.4) is 0 Å². The summed E-state index contributed by atoms with van der Waals surface area (Å²) >= 11 is 0. The number of piperazine rings is 1. The normalized spacial score (nSPS) is 27.1. The first-order chi connectivity index (χ1) is 11.5. The van der Waals surface area contributed by atoms with Crippen molar-refractivity contribution in [3.05, 3.63) is 18.6 Å². The zero-order valence-corrected chi connectivity index (χ0v) is 14.8. The first kappa shape index (κ1) is 17.1. The molecule has 0 saturated carbocycles. The molecule has 3 heterocycles. The van der Waals surface area contributed by atoms with Gasteiger partial charge in [0, 0.05) is 51.7 Å². The Kier molecular flexibility index (Phi) is 5.30. The highest BCUT2D eigenvalue weighted by molar-refractivity contribution is 5.81. The van der Waals surface area contributed by atoms with E-state index < -0.39 is 0 Å². The van der Waals surface area contributed by atoms with Crippen molar-refractivity contribution in [1.29, 1.82) is 0 Å². The van der Waals surface area contributed by atoms with Crippen LogP contribution in [0.25, 0.3) is 0 Å². The minimum absolute atomic E-state index is 0.0912. The maximum Gasteiger partial charge on any atom is 0.239 e. The molecule has 24 heavy (non-hydrogen) atoms. The van der Waals surface area contributed by atoms with Crippen molar-refractivity contribution in [2.45, 2.75) is 39.0 Å². The van der Waals surface area contributed by atoms with E-state index in [0.717, 1.165) is 32.0 Å². The predicted octanol–water partition coefficient (Wildman–Crippen LogP) is 0.623. The topological polar surface area (TPSA) is 61.8 Å². The van der Waals surface area contributed by atoms with Crippen LogP contribution in [0, 0.1) is 0 Å². The monoisotopic (exact) mass is 333 g/mol. The summed E-state index contributed by atoms with van der Waals surface area (Å²) in [5, 5.41) is 0. The Labute approximate surface area is 143 Å². The summed E-state index contributed by atoms with van der Waals surface area (Å²) in [4.78, 5) is 27.8. The number of amides is 1. The number of carbonyl (C=O) groups is 1. The molecule has 0 spiro atoms. The Balaban J connectivity index is 1.55. The van der Waals surface area contributed by atoms with Crippen molar-refractivity contribution in [1.82, 2.24) is 19.8 Å². The lowest BCUT2D eigenvalue weighted by atomic mass is 10.1. The van der Waals surface area contributed by atoms with Crippen LogP contribution in [0.1, 0.15) is 20.8 Å². The van der Waals surface area contributed by atoms with E-state index in [-0.39, 0.29) is 24.2 Å². The van der Waals surface area contributed by atoms with Gasteiger partial charge in [0.15, 0.2) is 0 Å². The molecule has 0 bridgehead atoms. The quantitative estimate of drug-likeness (QED) is 0.808. The molecule has 1 amide bonds. The molecular formula is C17H27N5O2. The molecule has 0 aromatic carbocycles. The fraction of sp³-hybridized carbons (Fsp3) is 0.706. The molecule has 7 heteroatoms. The molecule has 3 atom stereocenters. The third kappa shape index (κ3) is 3.84. The largest absolute Gasteiger partial charge is 0.372 e. The number of hydrogen-bond acceptors (Lipinski definition) is 6. The van der Waals surface area contributed by atoms with Crippen molar-refractivity contribution in [2.24, 2.45) is 0 Å². The van der Waals surface area contributed by atoms with Crippen LogP contribution in [-0.4, -0.2) is 83.2 Å². The van der Waals surface area contributed by atoms with Crippen LogP contribution >= 0.6 is 0 Å². The molecule has 0 N–H and O–H groups in total. The number of morpholine rings is 1. The van der Waals surface area contributed by atoms with Gasteiger partial charge >= 0.3 is 0 Å². The lowest BCUT2D eigenvalue weighted by molar-refractivity contribution is -0.148. The Morgan fingerprint density at radius 1 is 1.17 bits per heavy atom. The summed E-state index contributed by atoms with van der Waals surface area (Å²) in [6.07, 6.45) is 5.41. The third-order valence-electron chi connectivity index (χ3n) is 4.82. The van der Waals surface area contributed by atoms with Gasteiger partial charge in [-0.15, -0.1) is 0 Å². The smallest absolute Gasteiger partial charge is 0.239 e. The molecule has 7 nitrogen and oxygen atoms in total. The molecule has 132 valence electrons. The van der Waals surface area contributed by atoms with Gasteiger partial charge in [0.25, 0.3) is 0 Å². The molecule has 1 aromatic rings. The van der Waals surface area contributed by atoms with Crippen molar-refractivity contribution < 1.29 is 9.53 Å². The number of carbonyl (C=O) groups excluding carboxylic acids is 1. The molecule has 2 fully saturated rings. The van der Waals surface area contributed by atoms with E-state index in [1.165, 1.54) is 0 Å². The zero-order chi connectivity index (χ0) is 17.1. The highest BCUT2D eigenvalue weighted by Crippen LogP contribution is 2.17. The minimum Gasteiger partial charge on any atom is -0.372 e. The van der Waals surface area contributed by atoms with E-state index in [0.29, 0.717) is 13.1 Å². The summed E-state index contributed by atoms with van der Waals surface area (Å²) in [6, 6.07) is -0.0912. The van der Waals surface area contributed by atoms with Crippen molar-refractivity contribution in [2.75, 3.05) is 44.2 Å². The maximum absolute atomic E-state index is 12.8. The second-order valence-electron chi connectivity index (χ2n) is 6.76. The summed E-state index contributed by atoms with van der Waals surface area (Å²) < 4.78 is 5.73. The molecular weight excluding hydrogens is 306 g/mol. The van der Waals surface area contributed by atoms with Crippen molar-refractivity contribution in [3.8, 4) is 0 Å². The van der Waals surface area contributed by atoms with Gasteiger partial charge in [-0.25, -0.2) is 4.98 Å². The summed E-state index contributed by atoms with van der Waals surface area (Å²) in [7, 11) is 0. The number of nitrogens with zero attached hydrogens (tertiary/aromatic N) is 5. The summed E-state index contributed by atoms with van der Waals surface area (Å²) in [6.45, 7) is 10.9.